The number of allylic oxidation sites excluding steroid dienone is 7. The van der Waals surface area contributed by atoms with Gasteiger partial charge in [0.25, 0.3) is 0 Å². The lowest BCUT2D eigenvalue weighted by molar-refractivity contribution is 0.972. The van der Waals surface area contributed by atoms with Gasteiger partial charge in [-0.25, -0.2) is 0 Å². The maximum absolute atomic E-state index is 3.84. The van der Waals surface area contributed by atoms with Gasteiger partial charge >= 0.3 is 0 Å². The second kappa shape index (κ2) is 6.62. The fourth-order valence-corrected chi connectivity index (χ4v) is 2.93. The van der Waals surface area contributed by atoms with Gasteiger partial charge in [0.2, 0.25) is 0 Å². The van der Waals surface area contributed by atoms with Crippen LogP contribution in [0.4, 0.5) is 5.69 Å². The molecule has 0 N–H and O–H groups in total. The molecule has 0 fully saturated rings. The summed E-state index contributed by atoms with van der Waals surface area (Å²) in [5, 5.41) is 0. The van der Waals surface area contributed by atoms with Crippen molar-refractivity contribution in [3.63, 3.8) is 0 Å². The van der Waals surface area contributed by atoms with Gasteiger partial charge in [-0.3, -0.25) is 0 Å². The van der Waals surface area contributed by atoms with Gasteiger partial charge in [0, 0.05) is 19.8 Å². The van der Waals surface area contributed by atoms with Gasteiger partial charge < -0.3 is 4.90 Å². The first-order valence-corrected chi connectivity index (χ1v) is 7.55. The second-order valence-electron chi connectivity index (χ2n) is 5.68. The quantitative estimate of drug-likeness (QED) is 0.726. The highest BCUT2D eigenvalue weighted by Crippen LogP contribution is 2.37. The summed E-state index contributed by atoms with van der Waals surface area (Å²) in [5.41, 5.74) is 8.01. The minimum absolute atomic E-state index is 1.10. The van der Waals surface area contributed by atoms with E-state index in [-0.39, 0.29) is 0 Å². The normalized spacial score (nSPS) is 18.8. The third kappa shape index (κ3) is 3.18. The zero-order chi connectivity index (χ0) is 15.4. The van der Waals surface area contributed by atoms with Crippen molar-refractivity contribution in [1.82, 2.24) is 0 Å². The van der Waals surface area contributed by atoms with Crippen LogP contribution in [0.15, 0.2) is 60.2 Å². The molecule has 1 heteroatoms. The average molecular weight is 279 g/mol. The molecule has 0 radical (unpaired) electrons. The van der Waals surface area contributed by atoms with Crippen molar-refractivity contribution in [1.29, 1.82) is 0 Å². The number of nitrogens with zero attached hydrogens (tertiary/aromatic N) is 1. The molecule has 1 aliphatic carbocycles. The molecule has 0 amide bonds. The zero-order valence-electron chi connectivity index (χ0n) is 13.6. The number of benzene rings is 1. The molecule has 1 aromatic carbocycles. The maximum atomic E-state index is 3.84. The van der Waals surface area contributed by atoms with Crippen LogP contribution in [0.5, 0.6) is 0 Å². The van der Waals surface area contributed by atoms with E-state index in [4.69, 9.17) is 0 Å². The number of rotatable bonds is 3. The van der Waals surface area contributed by atoms with E-state index in [0.717, 1.165) is 12.8 Å². The molecule has 0 atom stereocenters. The highest BCUT2D eigenvalue weighted by atomic mass is 15.1. The summed E-state index contributed by atoms with van der Waals surface area (Å²) in [6.07, 6.45) is 10.8. The van der Waals surface area contributed by atoms with Crippen molar-refractivity contribution in [3.8, 4) is 0 Å². The molecule has 0 bridgehead atoms. The standard InChI is InChI=1S/C20H25N/c1-6-9-16-10-8-11-20(18(16)7-2)19-13-12-17(21(4)5)14-15(19)3/h6-7,9,11-14H,1,8,10H2,2-5H3/b16-9-,18-7+. The Morgan fingerprint density at radius 2 is 2.00 bits per heavy atom. The Morgan fingerprint density at radius 1 is 1.24 bits per heavy atom. The molecule has 1 aromatic rings. The second-order valence-corrected chi connectivity index (χ2v) is 5.68. The topological polar surface area (TPSA) is 3.24 Å². The fourth-order valence-electron chi connectivity index (χ4n) is 2.93. The van der Waals surface area contributed by atoms with E-state index in [2.05, 4.69) is 75.8 Å². The molecule has 1 nitrogen and oxygen atoms in total. The Balaban J connectivity index is 2.48. The van der Waals surface area contributed by atoms with E-state index < -0.39 is 0 Å². The summed E-state index contributed by atoms with van der Waals surface area (Å²) in [5.74, 6) is 0. The Kier molecular flexibility index (Phi) is 4.85. The van der Waals surface area contributed by atoms with Crippen molar-refractivity contribution in [2.24, 2.45) is 0 Å². The molecule has 0 saturated carbocycles. The number of hydrogen-bond donors (Lipinski definition) is 0. The van der Waals surface area contributed by atoms with Crippen LogP contribution in [0, 0.1) is 6.92 Å². The first-order valence-electron chi connectivity index (χ1n) is 7.55. The van der Waals surface area contributed by atoms with E-state index in [9.17, 15) is 0 Å². The Bertz CT molecular complexity index is 627. The van der Waals surface area contributed by atoms with Crippen LogP contribution >= 0.6 is 0 Å². The zero-order valence-corrected chi connectivity index (χ0v) is 13.6. The molecule has 2 rings (SSSR count). The largest absolute Gasteiger partial charge is 0.378 e. The fraction of sp³-hybridized carbons (Fsp3) is 0.300. The predicted molar refractivity (Wildman–Crippen MR) is 94.8 cm³/mol. The summed E-state index contributed by atoms with van der Waals surface area (Å²) >= 11 is 0. The molecule has 0 aliphatic heterocycles. The lowest BCUT2D eigenvalue weighted by Crippen LogP contribution is -2.09. The van der Waals surface area contributed by atoms with Crippen molar-refractivity contribution >= 4 is 11.3 Å². The van der Waals surface area contributed by atoms with Crippen molar-refractivity contribution in [3.05, 3.63) is 71.4 Å². The molecular weight excluding hydrogens is 254 g/mol. The Hall–Kier alpha value is -2.02. The molecule has 0 spiro atoms. The van der Waals surface area contributed by atoms with Crippen molar-refractivity contribution < 1.29 is 0 Å². The minimum atomic E-state index is 1.10. The maximum Gasteiger partial charge on any atom is 0.0364 e. The van der Waals surface area contributed by atoms with Gasteiger partial charge in [0.1, 0.15) is 0 Å². The smallest absolute Gasteiger partial charge is 0.0364 e. The third-order valence-corrected chi connectivity index (χ3v) is 4.02. The summed E-state index contributed by atoms with van der Waals surface area (Å²) in [6, 6.07) is 6.70. The first-order chi connectivity index (χ1) is 10.1. The van der Waals surface area contributed by atoms with Crippen LogP contribution in [0.3, 0.4) is 0 Å². The van der Waals surface area contributed by atoms with Crippen LogP contribution in [-0.2, 0) is 0 Å². The highest BCUT2D eigenvalue weighted by Gasteiger charge is 2.17. The number of anilines is 1. The molecule has 21 heavy (non-hydrogen) atoms. The lowest BCUT2D eigenvalue weighted by Gasteiger charge is -2.23. The number of hydrogen-bond acceptors (Lipinski definition) is 1. The Labute approximate surface area is 129 Å². The van der Waals surface area contributed by atoms with Crippen LogP contribution in [0.1, 0.15) is 30.9 Å². The minimum Gasteiger partial charge on any atom is -0.378 e. The van der Waals surface area contributed by atoms with E-state index in [1.807, 2.05) is 6.08 Å². The van der Waals surface area contributed by atoms with Gasteiger partial charge in [-0.15, -0.1) is 0 Å². The van der Waals surface area contributed by atoms with Crippen LogP contribution in [-0.4, -0.2) is 14.1 Å². The van der Waals surface area contributed by atoms with Crippen molar-refractivity contribution in [2.45, 2.75) is 26.7 Å². The summed E-state index contributed by atoms with van der Waals surface area (Å²) in [4.78, 5) is 2.14. The predicted octanol–water partition coefficient (Wildman–Crippen LogP) is 5.30. The molecule has 0 aromatic heterocycles. The van der Waals surface area contributed by atoms with E-state index >= 15 is 0 Å². The van der Waals surface area contributed by atoms with Crippen LogP contribution in [0.25, 0.3) is 5.57 Å². The molecule has 0 unspecified atom stereocenters. The molecular formula is C20H25N. The highest BCUT2D eigenvalue weighted by molar-refractivity contribution is 5.86. The van der Waals surface area contributed by atoms with Crippen LogP contribution < -0.4 is 4.90 Å². The number of aryl methyl sites for hydroxylation is 1. The summed E-state index contributed by atoms with van der Waals surface area (Å²) in [7, 11) is 4.16. The molecule has 110 valence electrons. The van der Waals surface area contributed by atoms with Crippen molar-refractivity contribution in [2.75, 3.05) is 19.0 Å². The molecule has 0 heterocycles. The lowest BCUT2D eigenvalue weighted by atomic mass is 9.83. The molecule has 1 aliphatic rings. The van der Waals surface area contributed by atoms with E-state index in [0.29, 0.717) is 0 Å². The monoisotopic (exact) mass is 279 g/mol. The van der Waals surface area contributed by atoms with Gasteiger partial charge in [-0.05, 0) is 66.7 Å². The van der Waals surface area contributed by atoms with Gasteiger partial charge in [-0.2, -0.15) is 0 Å². The Morgan fingerprint density at radius 3 is 2.57 bits per heavy atom. The third-order valence-electron chi connectivity index (χ3n) is 4.02. The van der Waals surface area contributed by atoms with Gasteiger partial charge in [-0.1, -0.05) is 36.9 Å². The van der Waals surface area contributed by atoms with Gasteiger partial charge in [0.15, 0.2) is 0 Å². The molecule has 0 saturated heterocycles. The van der Waals surface area contributed by atoms with E-state index in [1.54, 1.807) is 0 Å². The average Bonchev–Trinajstić information content (AvgIpc) is 2.47. The van der Waals surface area contributed by atoms with Gasteiger partial charge in [0.05, 0.1) is 0 Å². The van der Waals surface area contributed by atoms with Crippen LogP contribution in [0.2, 0.25) is 0 Å². The first kappa shape index (κ1) is 15.4. The SMILES string of the molecule is C=C/C=C1/CCC=C(c2ccc(N(C)C)cc2C)/C1=C/C. The summed E-state index contributed by atoms with van der Waals surface area (Å²) < 4.78 is 0. The van der Waals surface area contributed by atoms with E-state index in [1.165, 1.54) is 33.5 Å². The summed E-state index contributed by atoms with van der Waals surface area (Å²) in [6.45, 7) is 8.16.